The van der Waals surface area contributed by atoms with Gasteiger partial charge in [0.2, 0.25) is 17.5 Å². The number of benzene rings is 1. The van der Waals surface area contributed by atoms with Gasteiger partial charge in [-0.2, -0.15) is 0 Å². The van der Waals surface area contributed by atoms with Crippen molar-refractivity contribution in [3.8, 4) is 11.6 Å². The van der Waals surface area contributed by atoms with Crippen molar-refractivity contribution >= 4 is 31.9 Å². The molecule has 312 valence electrons. The molecule has 0 saturated carbocycles. The molecule has 5 rings (SSSR count). The second-order valence-corrected chi connectivity index (χ2v) is 20.3. The summed E-state index contributed by atoms with van der Waals surface area (Å²) < 4.78 is 43.2. The number of rotatable bonds is 11. The number of aromatic nitrogens is 6. The Hall–Kier alpha value is -5.57. The summed E-state index contributed by atoms with van der Waals surface area (Å²) in [6.07, 6.45) is 4.75. The third-order valence-corrected chi connectivity index (χ3v) is 14.3. The maximum absolute atomic E-state index is 13.8. The van der Waals surface area contributed by atoms with Crippen LogP contribution in [0.25, 0.3) is 0 Å². The lowest BCUT2D eigenvalue weighted by molar-refractivity contribution is -0.619. The lowest BCUT2D eigenvalue weighted by atomic mass is 9.96. The molecule has 17 nitrogen and oxygen atoms in total. The minimum Gasteiger partial charge on any atom is -0.711 e. The zero-order chi connectivity index (χ0) is 43.0. The monoisotopic (exact) mass is 825 g/mol. The minimum atomic E-state index is -1.82. The van der Waals surface area contributed by atoms with Crippen LogP contribution in [0.5, 0.6) is 11.6 Å². The summed E-state index contributed by atoms with van der Waals surface area (Å²) >= 11 is 0. The molecule has 1 aliphatic heterocycles. The Labute approximate surface area is 336 Å². The van der Waals surface area contributed by atoms with E-state index >= 15 is 0 Å². The van der Waals surface area contributed by atoms with Crippen molar-refractivity contribution in [3.63, 3.8) is 0 Å². The third kappa shape index (κ3) is 11.5. The van der Waals surface area contributed by atoms with Crippen molar-refractivity contribution in [2.24, 2.45) is 0 Å². The topological polar surface area (TPSA) is 209 Å². The van der Waals surface area contributed by atoms with Gasteiger partial charge in [0, 0.05) is 31.8 Å². The highest BCUT2D eigenvalue weighted by Gasteiger charge is 2.41. The number of halogens is 2. The predicted octanol–water partition coefficient (Wildman–Crippen LogP) is 4.42. The van der Waals surface area contributed by atoms with Gasteiger partial charge in [0.05, 0.1) is 43.4 Å². The number of anilines is 1. The summed E-state index contributed by atoms with van der Waals surface area (Å²) in [5.41, 5.74) is 0.335. The molecule has 1 saturated heterocycles. The van der Waals surface area contributed by atoms with Gasteiger partial charge >= 0.3 is 5.97 Å². The maximum Gasteiger partial charge on any atom is 0.356 e. The van der Waals surface area contributed by atoms with Crippen molar-refractivity contribution in [2.75, 3.05) is 32.1 Å². The number of ether oxygens (including phenoxy) is 2. The van der Waals surface area contributed by atoms with Crippen molar-refractivity contribution in [3.05, 3.63) is 95.0 Å². The van der Waals surface area contributed by atoms with E-state index in [1.807, 2.05) is 18.7 Å². The maximum atomic E-state index is 13.8. The minimum absolute atomic E-state index is 0.0143. The first kappa shape index (κ1) is 45.1. The number of nitrogens with one attached hydrogen (secondary N) is 1. The van der Waals surface area contributed by atoms with E-state index in [2.05, 4.69) is 68.8 Å². The molecule has 4 aromatic rings. The molecule has 2 amide bonds. The number of esters is 1. The molecule has 1 atom stereocenters. The van der Waals surface area contributed by atoms with Crippen molar-refractivity contribution in [2.45, 2.75) is 84.5 Å². The molecule has 0 spiro atoms. The Morgan fingerprint density at radius 1 is 1.03 bits per heavy atom. The molecular weight excluding hydrogens is 777 g/mol. The van der Waals surface area contributed by atoms with Gasteiger partial charge in [0.1, 0.15) is 24.4 Å². The molecule has 3 aromatic heterocycles. The highest BCUT2D eigenvalue weighted by Crippen LogP contribution is 2.37. The summed E-state index contributed by atoms with van der Waals surface area (Å²) in [6, 6.07) is 5.16. The number of carbonyl (C=O) groups is 3. The Morgan fingerprint density at radius 2 is 1.76 bits per heavy atom. The molecule has 0 radical (unpaired) electrons. The van der Waals surface area contributed by atoms with Crippen LogP contribution >= 0.6 is 0 Å². The van der Waals surface area contributed by atoms with Gasteiger partial charge in [-0.3, -0.25) is 14.5 Å². The molecule has 1 aromatic carbocycles. The van der Waals surface area contributed by atoms with Gasteiger partial charge in [-0.05, 0) is 62.1 Å². The smallest absolute Gasteiger partial charge is 0.356 e. The van der Waals surface area contributed by atoms with Crippen LogP contribution in [0.2, 0.25) is 18.1 Å². The number of aliphatic hydroxyl groups is 1. The molecule has 0 bridgehead atoms. The fourth-order valence-electron chi connectivity index (χ4n) is 5.38. The fraction of sp³-hybridized carbons (Fsp3) is 0.447. The van der Waals surface area contributed by atoms with E-state index in [-0.39, 0.29) is 51.4 Å². The van der Waals surface area contributed by atoms with Crippen molar-refractivity contribution in [1.82, 2.24) is 34.7 Å². The normalized spacial score (nSPS) is 14.8. The number of amides is 2. The SMILES string of the molecule is CC(C(=O)Nc1cnc(Oc2ccc(F)cc2F)cn1)N1CCN(C(=O)c2cc(CO)[n+]([O-])cn2)C(C)(C)C1.COC(=O)c1cc(CO[Si](C)(C)C(C)(C)C)ncn1. The summed E-state index contributed by atoms with van der Waals surface area (Å²) in [5, 5.41) is 23.8. The first-order valence-corrected chi connectivity index (χ1v) is 21.1. The summed E-state index contributed by atoms with van der Waals surface area (Å²) in [5.74, 6) is -2.94. The summed E-state index contributed by atoms with van der Waals surface area (Å²) in [6.45, 7) is 17.3. The lowest BCUT2D eigenvalue weighted by Gasteiger charge is -2.48. The van der Waals surface area contributed by atoms with Crippen LogP contribution in [0.1, 0.15) is 73.9 Å². The first-order valence-electron chi connectivity index (χ1n) is 18.2. The predicted molar refractivity (Wildman–Crippen MR) is 208 cm³/mol. The highest BCUT2D eigenvalue weighted by molar-refractivity contribution is 6.74. The number of nitrogens with zero attached hydrogens (tertiary/aromatic N) is 8. The molecule has 1 unspecified atom stereocenters. The van der Waals surface area contributed by atoms with E-state index in [0.717, 1.165) is 18.5 Å². The average Bonchev–Trinajstić information content (AvgIpc) is 3.17. The van der Waals surface area contributed by atoms with Gasteiger partial charge in [-0.15, -0.1) is 0 Å². The molecule has 1 aliphatic rings. The highest BCUT2D eigenvalue weighted by atomic mass is 28.4. The largest absolute Gasteiger partial charge is 0.711 e. The number of hydrogen-bond acceptors (Lipinski definition) is 14. The molecule has 58 heavy (non-hydrogen) atoms. The summed E-state index contributed by atoms with van der Waals surface area (Å²) in [7, 11) is -0.488. The Kier molecular flexibility index (Phi) is 14.6. The Bertz CT molecular complexity index is 2090. The number of aliphatic hydroxyl groups excluding tert-OH is 1. The zero-order valence-corrected chi connectivity index (χ0v) is 34.9. The van der Waals surface area contributed by atoms with Gasteiger partial charge in [0.25, 0.3) is 12.2 Å². The van der Waals surface area contributed by atoms with Gasteiger partial charge in [-0.25, -0.2) is 38.2 Å². The van der Waals surface area contributed by atoms with Crippen LogP contribution in [0.15, 0.2) is 55.4 Å². The number of carbonyl (C=O) groups excluding carboxylic acids is 3. The second-order valence-electron chi connectivity index (χ2n) is 15.5. The number of methoxy groups -OCH3 is 1. The van der Waals surface area contributed by atoms with Crippen LogP contribution in [0.4, 0.5) is 14.6 Å². The zero-order valence-electron chi connectivity index (χ0n) is 33.9. The molecular formula is C38H49F2N9O8Si. The number of hydrogen-bond donors (Lipinski definition) is 2. The third-order valence-electron chi connectivity index (χ3n) is 9.87. The van der Waals surface area contributed by atoms with E-state index in [0.29, 0.717) is 42.7 Å². The van der Waals surface area contributed by atoms with Crippen LogP contribution < -0.4 is 14.8 Å². The second kappa shape index (κ2) is 18.8. The van der Waals surface area contributed by atoms with Gasteiger partial charge in [-0.1, -0.05) is 20.8 Å². The molecule has 4 heterocycles. The van der Waals surface area contributed by atoms with E-state index in [4.69, 9.17) is 9.16 Å². The van der Waals surface area contributed by atoms with Crippen LogP contribution in [0, 0.1) is 16.8 Å². The molecule has 2 N–H and O–H groups in total. The van der Waals surface area contributed by atoms with Crippen LogP contribution in [-0.2, 0) is 27.2 Å². The van der Waals surface area contributed by atoms with Crippen molar-refractivity contribution < 1.29 is 46.9 Å². The summed E-state index contributed by atoms with van der Waals surface area (Å²) in [4.78, 5) is 61.0. The Morgan fingerprint density at radius 3 is 2.36 bits per heavy atom. The van der Waals surface area contributed by atoms with Gasteiger partial charge < -0.3 is 34.4 Å². The lowest BCUT2D eigenvalue weighted by Crippen LogP contribution is -2.63. The standard InChI is InChI=1S/C25H27F2N7O5.C13H22N2O3Si/c1-15(23(36)31-21-10-29-22(11-28-21)39-20-5-4-16(26)8-18(20)27)32-6-7-33(25(2,3)13-32)24(37)19-9-17(12-35)34(38)14-30-19;1-13(2,3)19(5,6)18-8-10-7-11(12(16)17-4)15-9-14-10/h4-5,8-11,14-15,35H,6-7,12-13H2,1-3H3,(H,28,31,36);7,9H,8H2,1-6H3. The Balaban J connectivity index is 0.000000329. The van der Waals surface area contributed by atoms with Crippen molar-refractivity contribution in [1.29, 1.82) is 0 Å². The van der Waals surface area contributed by atoms with E-state index in [9.17, 15) is 33.5 Å². The number of piperazine rings is 1. The van der Waals surface area contributed by atoms with Crippen LogP contribution in [-0.4, -0.2) is 104 Å². The molecule has 20 heteroatoms. The average molecular weight is 826 g/mol. The molecule has 1 fully saturated rings. The first-order chi connectivity index (χ1) is 27.1. The molecule has 0 aliphatic carbocycles. The quantitative estimate of drug-likeness (QED) is 0.0930. The van der Waals surface area contributed by atoms with E-state index in [1.165, 1.54) is 31.9 Å². The van der Waals surface area contributed by atoms with E-state index < -0.39 is 44.1 Å². The fourth-order valence-corrected chi connectivity index (χ4v) is 6.32. The van der Waals surface area contributed by atoms with E-state index in [1.54, 1.807) is 17.9 Å². The van der Waals surface area contributed by atoms with Crippen LogP contribution in [0.3, 0.4) is 0 Å². The van der Waals surface area contributed by atoms with Gasteiger partial charge in [0.15, 0.2) is 31.4 Å².